The predicted octanol–water partition coefficient (Wildman–Crippen LogP) is 4.76. The highest BCUT2D eigenvalue weighted by atomic mass is 16.6. The second-order valence-corrected chi connectivity index (χ2v) is 5.76. The number of hydrogen-bond acceptors (Lipinski definition) is 4. The van der Waals surface area contributed by atoms with E-state index in [9.17, 15) is 9.90 Å². The normalized spacial score (nSPS) is 12.5. The fourth-order valence-electron chi connectivity index (χ4n) is 2.35. The Morgan fingerprint density at radius 3 is 1.54 bits per heavy atom. The Morgan fingerprint density at radius 1 is 0.808 bits per heavy atom. The summed E-state index contributed by atoms with van der Waals surface area (Å²) in [5.41, 5.74) is 1.45. The van der Waals surface area contributed by atoms with E-state index < -0.39 is 12.2 Å². The maximum absolute atomic E-state index is 12.1. The molecule has 2 rings (SSSR count). The number of Topliss-reactive ketones (excluding diaryl/α,β-unsaturated/α-hetero) is 1. The summed E-state index contributed by atoms with van der Waals surface area (Å²) in [6.45, 7) is 12.6. The van der Waals surface area contributed by atoms with Gasteiger partial charge in [-0.05, 0) is 6.92 Å². The van der Waals surface area contributed by atoms with Crippen LogP contribution in [0.1, 0.15) is 18.1 Å². The zero-order valence-electron chi connectivity index (χ0n) is 14.7. The van der Waals surface area contributed by atoms with E-state index in [0.29, 0.717) is 11.5 Å². The van der Waals surface area contributed by atoms with Crippen LogP contribution in [0, 0.1) is 0 Å². The molecule has 134 valence electrons. The molecule has 2 aromatic carbocycles. The molecule has 0 aliphatic rings. The molecule has 0 radical (unpaired) electrons. The SMILES string of the molecule is C=C(OC(C(=C)O)C(OC(=C)c1ccccc1)C(C)=O)c1ccccc1. The Hall–Kier alpha value is -3.27. The first kappa shape index (κ1) is 19.1. The summed E-state index contributed by atoms with van der Waals surface area (Å²) in [5.74, 6) is -0.0665. The molecule has 4 heteroatoms. The Balaban J connectivity index is 2.20. The van der Waals surface area contributed by atoms with Gasteiger partial charge in [-0.3, -0.25) is 4.79 Å². The summed E-state index contributed by atoms with van der Waals surface area (Å²) < 4.78 is 11.5. The number of aliphatic hydroxyl groups is 1. The molecular weight excluding hydrogens is 328 g/mol. The molecule has 0 aliphatic carbocycles. The molecule has 2 aromatic rings. The highest BCUT2D eigenvalue weighted by Gasteiger charge is 2.33. The number of carbonyl (C=O) groups excluding carboxylic acids is 1. The van der Waals surface area contributed by atoms with Gasteiger partial charge in [0.25, 0.3) is 0 Å². The van der Waals surface area contributed by atoms with Gasteiger partial charge >= 0.3 is 0 Å². The number of aliphatic hydroxyl groups excluding tert-OH is 1. The van der Waals surface area contributed by atoms with Crippen molar-refractivity contribution in [2.24, 2.45) is 0 Å². The number of ether oxygens (including phenoxy) is 2. The number of hydrogen-bond donors (Lipinski definition) is 1. The van der Waals surface area contributed by atoms with Crippen LogP contribution in [0.4, 0.5) is 0 Å². The molecule has 2 unspecified atom stereocenters. The minimum absolute atomic E-state index is 0.297. The van der Waals surface area contributed by atoms with Crippen molar-refractivity contribution < 1.29 is 19.4 Å². The third-order valence-electron chi connectivity index (χ3n) is 3.73. The summed E-state index contributed by atoms with van der Waals surface area (Å²) in [6, 6.07) is 18.3. The fourth-order valence-corrected chi connectivity index (χ4v) is 2.35. The first-order chi connectivity index (χ1) is 12.4. The summed E-state index contributed by atoms with van der Waals surface area (Å²) in [7, 11) is 0. The van der Waals surface area contributed by atoms with Gasteiger partial charge in [0.05, 0.1) is 0 Å². The van der Waals surface area contributed by atoms with Crippen molar-refractivity contribution in [1.29, 1.82) is 0 Å². The van der Waals surface area contributed by atoms with Crippen LogP contribution in [0.3, 0.4) is 0 Å². The van der Waals surface area contributed by atoms with Crippen LogP contribution in [0.25, 0.3) is 11.5 Å². The minimum atomic E-state index is -1.11. The summed E-state index contributed by atoms with van der Waals surface area (Å²) >= 11 is 0. The number of benzene rings is 2. The molecule has 26 heavy (non-hydrogen) atoms. The zero-order chi connectivity index (χ0) is 19.1. The van der Waals surface area contributed by atoms with Gasteiger partial charge < -0.3 is 14.6 Å². The molecule has 0 spiro atoms. The van der Waals surface area contributed by atoms with Crippen molar-refractivity contribution in [3.63, 3.8) is 0 Å². The van der Waals surface area contributed by atoms with Crippen LogP contribution >= 0.6 is 0 Å². The van der Waals surface area contributed by atoms with E-state index in [2.05, 4.69) is 19.7 Å². The lowest BCUT2D eigenvalue weighted by atomic mass is 10.1. The molecule has 1 N–H and O–H groups in total. The van der Waals surface area contributed by atoms with Crippen LogP contribution in [0.15, 0.2) is 86.2 Å². The Labute approximate surface area is 153 Å². The minimum Gasteiger partial charge on any atom is -0.509 e. The molecule has 0 saturated heterocycles. The van der Waals surface area contributed by atoms with E-state index in [0.717, 1.165) is 11.1 Å². The van der Waals surface area contributed by atoms with Gasteiger partial charge in [0, 0.05) is 11.1 Å². The second kappa shape index (κ2) is 8.72. The Bertz CT molecular complexity index is 724. The number of rotatable bonds is 9. The van der Waals surface area contributed by atoms with Crippen LogP contribution in [0.5, 0.6) is 0 Å². The molecule has 0 fully saturated rings. The summed E-state index contributed by atoms with van der Waals surface area (Å²) in [6.07, 6.45) is -2.22. The first-order valence-corrected chi connectivity index (χ1v) is 8.10. The van der Waals surface area contributed by atoms with Crippen molar-refractivity contribution in [2.75, 3.05) is 0 Å². The average Bonchev–Trinajstić information content (AvgIpc) is 2.65. The molecule has 0 aromatic heterocycles. The first-order valence-electron chi connectivity index (χ1n) is 8.10. The quantitative estimate of drug-likeness (QED) is 0.663. The van der Waals surface area contributed by atoms with Gasteiger partial charge in [0.2, 0.25) is 6.10 Å². The smallest absolute Gasteiger partial charge is 0.200 e. The van der Waals surface area contributed by atoms with Gasteiger partial charge in [0.15, 0.2) is 11.9 Å². The topological polar surface area (TPSA) is 55.8 Å². The molecule has 0 saturated carbocycles. The predicted molar refractivity (Wildman–Crippen MR) is 103 cm³/mol. The van der Waals surface area contributed by atoms with Crippen molar-refractivity contribution >= 4 is 17.3 Å². The van der Waals surface area contributed by atoms with Gasteiger partial charge in [-0.15, -0.1) is 0 Å². The van der Waals surface area contributed by atoms with Crippen LogP contribution in [0.2, 0.25) is 0 Å². The van der Waals surface area contributed by atoms with E-state index >= 15 is 0 Å². The monoisotopic (exact) mass is 350 g/mol. The van der Waals surface area contributed by atoms with Gasteiger partial charge in [-0.25, -0.2) is 0 Å². The van der Waals surface area contributed by atoms with Crippen molar-refractivity contribution in [2.45, 2.75) is 19.1 Å². The molecule has 0 heterocycles. The van der Waals surface area contributed by atoms with Crippen LogP contribution in [-0.4, -0.2) is 23.1 Å². The van der Waals surface area contributed by atoms with Crippen molar-refractivity contribution in [3.8, 4) is 0 Å². The molecule has 2 atom stereocenters. The number of ketones is 1. The van der Waals surface area contributed by atoms with Crippen molar-refractivity contribution in [3.05, 3.63) is 97.3 Å². The third kappa shape index (κ3) is 4.86. The van der Waals surface area contributed by atoms with Crippen molar-refractivity contribution in [1.82, 2.24) is 0 Å². The molecule has 0 bridgehead atoms. The lowest BCUT2D eigenvalue weighted by Gasteiger charge is -2.27. The second-order valence-electron chi connectivity index (χ2n) is 5.76. The molecule has 0 aliphatic heterocycles. The standard InChI is InChI=1S/C22H22O4/c1-15(23)21(25-17(3)19-11-7-5-8-12-19)22(16(2)24)26-18(4)20-13-9-6-10-14-20/h5-14,21-23H,1,3-4H2,2H3. The van der Waals surface area contributed by atoms with E-state index in [1.165, 1.54) is 6.92 Å². The van der Waals surface area contributed by atoms with Crippen LogP contribution < -0.4 is 0 Å². The lowest BCUT2D eigenvalue weighted by molar-refractivity contribution is -0.129. The Kier molecular flexibility index (Phi) is 6.39. The maximum Gasteiger partial charge on any atom is 0.200 e. The highest BCUT2D eigenvalue weighted by Crippen LogP contribution is 2.25. The van der Waals surface area contributed by atoms with Gasteiger partial charge in [0.1, 0.15) is 17.3 Å². The van der Waals surface area contributed by atoms with Crippen LogP contribution in [-0.2, 0) is 14.3 Å². The largest absolute Gasteiger partial charge is 0.509 e. The average molecular weight is 350 g/mol. The van der Waals surface area contributed by atoms with E-state index in [4.69, 9.17) is 9.47 Å². The maximum atomic E-state index is 12.1. The van der Waals surface area contributed by atoms with E-state index in [1.54, 1.807) is 0 Å². The summed E-state index contributed by atoms with van der Waals surface area (Å²) in [5, 5.41) is 9.99. The zero-order valence-corrected chi connectivity index (χ0v) is 14.7. The summed E-state index contributed by atoms with van der Waals surface area (Å²) in [4.78, 5) is 12.1. The van der Waals surface area contributed by atoms with E-state index in [1.807, 2.05) is 60.7 Å². The molecular formula is C22H22O4. The van der Waals surface area contributed by atoms with E-state index in [-0.39, 0.29) is 11.5 Å². The number of carbonyl (C=O) groups is 1. The fraction of sp³-hybridized carbons (Fsp3) is 0.136. The third-order valence-corrected chi connectivity index (χ3v) is 3.73. The molecule has 0 amide bonds. The van der Waals surface area contributed by atoms with Gasteiger partial charge in [-0.2, -0.15) is 0 Å². The highest BCUT2D eigenvalue weighted by molar-refractivity contribution is 5.82. The Morgan fingerprint density at radius 2 is 1.19 bits per heavy atom. The molecule has 4 nitrogen and oxygen atoms in total. The van der Waals surface area contributed by atoms with Gasteiger partial charge in [-0.1, -0.05) is 80.4 Å². The lowest BCUT2D eigenvalue weighted by Crippen LogP contribution is -2.37.